The summed E-state index contributed by atoms with van der Waals surface area (Å²) in [5, 5.41) is 2.06. The molecule has 0 saturated carbocycles. The molecule has 4 aromatic rings. The summed E-state index contributed by atoms with van der Waals surface area (Å²) in [6.45, 7) is 1.21. The van der Waals surface area contributed by atoms with E-state index in [9.17, 15) is 4.79 Å². The lowest BCUT2D eigenvalue weighted by molar-refractivity contribution is 0.0999. The molecule has 0 N–H and O–H groups in total. The van der Waals surface area contributed by atoms with E-state index in [1.54, 1.807) is 0 Å². The predicted octanol–water partition coefficient (Wildman–Crippen LogP) is 5.96. The molecule has 1 unspecified atom stereocenters. The molecule has 1 atom stereocenters. The van der Waals surface area contributed by atoms with Gasteiger partial charge in [-0.2, -0.15) is 0 Å². The van der Waals surface area contributed by atoms with Gasteiger partial charge < -0.3 is 19.3 Å². The molecule has 0 fully saturated rings. The SMILES string of the molecule is O=C(CN1c2ccccc2N(Cc2ccc3c(c2)OCO3)C1Br)c1ccc2ccccc2c1. The van der Waals surface area contributed by atoms with Crippen molar-refractivity contribution in [2.24, 2.45) is 0 Å². The molecule has 0 radical (unpaired) electrons. The Morgan fingerprint density at radius 3 is 2.39 bits per heavy atom. The van der Waals surface area contributed by atoms with Crippen LogP contribution in [0.1, 0.15) is 15.9 Å². The second-order valence-corrected chi connectivity index (χ2v) is 9.05. The number of fused-ring (bicyclic) bond motifs is 3. The van der Waals surface area contributed by atoms with E-state index in [1.807, 2.05) is 60.7 Å². The van der Waals surface area contributed by atoms with Crippen LogP contribution in [0.15, 0.2) is 84.9 Å². The van der Waals surface area contributed by atoms with Crippen molar-refractivity contribution in [2.45, 2.75) is 11.6 Å². The molecule has 2 aliphatic rings. The molecule has 2 aliphatic heterocycles. The number of ketones is 1. The zero-order valence-corrected chi connectivity index (χ0v) is 19.4. The van der Waals surface area contributed by atoms with Crippen LogP contribution in [-0.4, -0.2) is 24.2 Å². The Morgan fingerprint density at radius 2 is 1.55 bits per heavy atom. The molecular weight excluding hydrogens is 480 g/mol. The number of para-hydroxylation sites is 2. The fraction of sp³-hybridized carbons (Fsp3) is 0.148. The number of hydrogen-bond acceptors (Lipinski definition) is 5. The normalized spacial score (nSPS) is 16.3. The number of alkyl halides is 1. The zero-order chi connectivity index (χ0) is 22.4. The highest BCUT2D eigenvalue weighted by Gasteiger charge is 2.35. The van der Waals surface area contributed by atoms with Crippen LogP contribution in [0, 0.1) is 0 Å². The van der Waals surface area contributed by atoms with Gasteiger partial charge in [0.1, 0.15) is 0 Å². The van der Waals surface area contributed by atoms with Crippen LogP contribution >= 0.6 is 15.9 Å². The van der Waals surface area contributed by atoms with Crippen molar-refractivity contribution in [1.29, 1.82) is 0 Å². The molecule has 0 aliphatic carbocycles. The van der Waals surface area contributed by atoms with E-state index in [0.29, 0.717) is 6.54 Å². The van der Waals surface area contributed by atoms with Crippen molar-refractivity contribution in [3.63, 3.8) is 0 Å². The second kappa shape index (κ2) is 8.12. The molecule has 6 heteroatoms. The van der Waals surface area contributed by atoms with E-state index in [0.717, 1.165) is 44.8 Å². The topological polar surface area (TPSA) is 42.0 Å². The molecule has 0 spiro atoms. The average Bonchev–Trinajstić information content (AvgIpc) is 3.42. The van der Waals surface area contributed by atoms with Gasteiger partial charge in [-0.3, -0.25) is 4.79 Å². The molecule has 4 aromatic carbocycles. The first-order chi connectivity index (χ1) is 16.2. The van der Waals surface area contributed by atoms with Crippen LogP contribution in [-0.2, 0) is 6.54 Å². The molecule has 2 heterocycles. The van der Waals surface area contributed by atoms with E-state index >= 15 is 0 Å². The number of rotatable bonds is 5. The molecule has 164 valence electrons. The highest BCUT2D eigenvalue weighted by atomic mass is 79.9. The monoisotopic (exact) mass is 500 g/mol. The van der Waals surface area contributed by atoms with E-state index in [1.165, 1.54) is 0 Å². The Morgan fingerprint density at radius 1 is 0.818 bits per heavy atom. The lowest BCUT2D eigenvalue weighted by atomic mass is 10.0. The van der Waals surface area contributed by atoms with E-state index < -0.39 is 0 Å². The maximum Gasteiger partial charge on any atom is 0.231 e. The van der Waals surface area contributed by atoms with Crippen molar-refractivity contribution in [2.75, 3.05) is 23.1 Å². The summed E-state index contributed by atoms with van der Waals surface area (Å²) in [6.07, 6.45) is 0. The van der Waals surface area contributed by atoms with Crippen molar-refractivity contribution in [3.8, 4) is 11.5 Å². The maximum atomic E-state index is 13.3. The van der Waals surface area contributed by atoms with Gasteiger partial charge in [0.25, 0.3) is 0 Å². The largest absolute Gasteiger partial charge is 0.454 e. The summed E-state index contributed by atoms with van der Waals surface area (Å²) in [5.74, 6) is 1.64. The van der Waals surface area contributed by atoms with Gasteiger partial charge in [0.2, 0.25) is 6.79 Å². The number of ether oxygens (including phenoxy) is 2. The van der Waals surface area contributed by atoms with Crippen LogP contribution < -0.4 is 19.3 Å². The van der Waals surface area contributed by atoms with Crippen molar-refractivity contribution in [1.82, 2.24) is 0 Å². The first-order valence-corrected chi connectivity index (χ1v) is 11.8. The minimum absolute atomic E-state index is 0.0879. The minimum atomic E-state index is -0.148. The lowest BCUT2D eigenvalue weighted by Gasteiger charge is -2.28. The number of Topliss-reactive ketones (excluding diaryl/α,β-unsaturated/α-hetero) is 1. The fourth-order valence-electron chi connectivity index (χ4n) is 4.51. The lowest BCUT2D eigenvalue weighted by Crippen LogP contribution is -2.41. The van der Waals surface area contributed by atoms with Gasteiger partial charge in [0.15, 0.2) is 22.4 Å². The van der Waals surface area contributed by atoms with Crippen LogP contribution in [0.2, 0.25) is 0 Å². The van der Waals surface area contributed by atoms with Crippen molar-refractivity contribution >= 4 is 43.9 Å². The summed E-state index contributed by atoms with van der Waals surface area (Å²) >= 11 is 3.86. The number of carbonyl (C=O) groups excluding carboxylic acids is 1. The Labute approximate surface area is 200 Å². The van der Waals surface area contributed by atoms with E-state index in [2.05, 4.69) is 50.0 Å². The number of halogens is 1. The van der Waals surface area contributed by atoms with Crippen LogP contribution in [0.3, 0.4) is 0 Å². The molecule has 0 aromatic heterocycles. The van der Waals surface area contributed by atoms with Crippen LogP contribution in [0.25, 0.3) is 10.8 Å². The average molecular weight is 501 g/mol. The minimum Gasteiger partial charge on any atom is -0.454 e. The third-order valence-electron chi connectivity index (χ3n) is 6.19. The molecule has 0 saturated heterocycles. The van der Waals surface area contributed by atoms with Gasteiger partial charge in [0, 0.05) is 12.1 Å². The summed E-state index contributed by atoms with van der Waals surface area (Å²) in [7, 11) is 0. The Bertz CT molecular complexity index is 1370. The van der Waals surface area contributed by atoms with Gasteiger partial charge >= 0.3 is 0 Å². The number of nitrogens with zero attached hydrogens (tertiary/aromatic N) is 2. The third kappa shape index (κ3) is 3.60. The summed E-state index contributed by atoms with van der Waals surface area (Å²) < 4.78 is 11.0. The van der Waals surface area contributed by atoms with Crippen LogP contribution in [0.4, 0.5) is 11.4 Å². The molecule has 0 amide bonds. The van der Waals surface area contributed by atoms with E-state index in [4.69, 9.17) is 9.47 Å². The number of anilines is 2. The smallest absolute Gasteiger partial charge is 0.231 e. The quantitative estimate of drug-likeness (QED) is 0.192. The molecule has 6 rings (SSSR count). The van der Waals surface area contributed by atoms with Gasteiger partial charge in [-0.1, -0.05) is 54.6 Å². The number of carbonyl (C=O) groups is 1. The highest BCUT2D eigenvalue weighted by Crippen LogP contribution is 2.43. The Hall–Kier alpha value is -3.51. The van der Waals surface area contributed by atoms with Gasteiger partial charge in [0.05, 0.1) is 17.9 Å². The Balaban J connectivity index is 1.27. The molecular formula is C27H21BrN2O3. The van der Waals surface area contributed by atoms with Crippen molar-refractivity contribution < 1.29 is 14.3 Å². The second-order valence-electron chi connectivity index (χ2n) is 8.23. The van der Waals surface area contributed by atoms with Gasteiger partial charge in [-0.15, -0.1) is 0 Å². The zero-order valence-electron chi connectivity index (χ0n) is 17.8. The van der Waals surface area contributed by atoms with Gasteiger partial charge in [-0.05, 0) is 62.6 Å². The summed E-state index contributed by atoms with van der Waals surface area (Å²) in [5.41, 5.74) is 3.96. The fourth-order valence-corrected chi connectivity index (χ4v) is 5.24. The first kappa shape index (κ1) is 20.1. The van der Waals surface area contributed by atoms with E-state index in [-0.39, 0.29) is 24.2 Å². The maximum absolute atomic E-state index is 13.3. The summed E-state index contributed by atoms with van der Waals surface area (Å²) in [4.78, 5) is 17.6. The molecule has 0 bridgehead atoms. The molecule has 5 nitrogen and oxygen atoms in total. The van der Waals surface area contributed by atoms with Gasteiger partial charge in [-0.25, -0.2) is 0 Å². The predicted molar refractivity (Wildman–Crippen MR) is 134 cm³/mol. The highest BCUT2D eigenvalue weighted by molar-refractivity contribution is 9.09. The summed E-state index contributed by atoms with van der Waals surface area (Å²) in [6, 6.07) is 28.2. The Kier molecular flexibility index (Phi) is 4.95. The number of benzene rings is 4. The standard InChI is InChI=1S/C27H21BrN2O3/c28-27-29(15-18-9-12-25-26(13-18)33-17-32-25)22-7-3-4-8-23(22)30(27)16-24(31)21-11-10-19-5-1-2-6-20(19)14-21/h1-14,27H,15-17H2. The third-order valence-corrected chi connectivity index (χ3v) is 7.18. The van der Waals surface area contributed by atoms with Crippen LogP contribution in [0.5, 0.6) is 11.5 Å². The number of hydrogen-bond donors (Lipinski definition) is 0. The molecule has 33 heavy (non-hydrogen) atoms. The first-order valence-electron chi connectivity index (χ1n) is 10.8. The van der Waals surface area contributed by atoms with Crippen molar-refractivity contribution in [3.05, 3.63) is 96.1 Å².